The summed E-state index contributed by atoms with van der Waals surface area (Å²) in [5.74, 6) is 0.835. The highest BCUT2D eigenvalue weighted by atomic mass is 32.1. The average Bonchev–Trinajstić information content (AvgIpc) is 3.50. The van der Waals surface area contributed by atoms with Crippen molar-refractivity contribution in [3.8, 4) is 17.2 Å². The molecule has 2 atom stereocenters. The van der Waals surface area contributed by atoms with E-state index in [4.69, 9.17) is 18.9 Å². The lowest BCUT2D eigenvalue weighted by molar-refractivity contribution is -0.140. The zero-order chi connectivity index (χ0) is 27.4. The Morgan fingerprint density at radius 2 is 1.77 bits per heavy atom. The van der Waals surface area contributed by atoms with Crippen LogP contribution >= 0.6 is 11.3 Å². The van der Waals surface area contributed by atoms with Gasteiger partial charge >= 0.3 is 5.97 Å². The summed E-state index contributed by atoms with van der Waals surface area (Å²) >= 11 is 1.66. The number of benzene rings is 2. The highest BCUT2D eigenvalue weighted by Crippen LogP contribution is 2.47. The summed E-state index contributed by atoms with van der Waals surface area (Å²) in [7, 11) is 3.14. The summed E-state index contributed by atoms with van der Waals surface area (Å²) in [6.07, 6.45) is 1.08. The Hall–Kier alpha value is -4.04. The lowest BCUT2D eigenvalue weighted by Crippen LogP contribution is -2.36. The van der Waals surface area contributed by atoms with Gasteiger partial charge in [-0.25, -0.2) is 4.79 Å². The fourth-order valence-corrected chi connectivity index (χ4v) is 6.12. The third-order valence-corrected chi connectivity index (χ3v) is 8.10. The van der Waals surface area contributed by atoms with Crippen molar-refractivity contribution in [3.05, 3.63) is 99.0 Å². The first kappa shape index (κ1) is 26.6. The maximum absolute atomic E-state index is 13.7. The number of carbonyl (C=O) groups excluding carboxylic acids is 2. The molecular weight excluding hydrogens is 514 g/mol. The molecule has 1 aliphatic heterocycles. The van der Waals surface area contributed by atoms with E-state index in [2.05, 4.69) is 11.4 Å². The number of ketones is 1. The van der Waals surface area contributed by atoms with E-state index in [0.29, 0.717) is 46.9 Å². The lowest BCUT2D eigenvalue weighted by atomic mass is 9.72. The number of hydrogen-bond acceptors (Lipinski definition) is 8. The maximum atomic E-state index is 13.7. The van der Waals surface area contributed by atoms with Crippen LogP contribution in [0.5, 0.6) is 17.2 Å². The number of nitrogens with one attached hydrogen (secondary N) is 1. The molecule has 2 aliphatic rings. The van der Waals surface area contributed by atoms with E-state index in [1.807, 2.05) is 60.8 Å². The fraction of sp³-hybridized carbons (Fsp3) is 0.290. The number of ether oxygens (including phenoxy) is 4. The van der Waals surface area contributed by atoms with Crippen LogP contribution in [0, 0.1) is 0 Å². The van der Waals surface area contributed by atoms with E-state index in [0.717, 1.165) is 11.3 Å². The molecule has 1 aromatic heterocycles. The first-order chi connectivity index (χ1) is 19.0. The van der Waals surface area contributed by atoms with Gasteiger partial charge in [0.1, 0.15) is 19.0 Å². The molecule has 0 saturated carbocycles. The SMILES string of the molecule is COc1ccc([C@@H]2C(C(=O)OCCOc3ccccc3)=C(C)NC3=C2C(=O)C[C@@H](c2cccs2)C3)cc1OC. The molecule has 0 radical (unpaired) electrons. The number of dihydropyridines is 1. The predicted molar refractivity (Wildman–Crippen MR) is 149 cm³/mol. The molecule has 202 valence electrons. The monoisotopic (exact) mass is 545 g/mol. The third kappa shape index (κ3) is 5.56. The van der Waals surface area contributed by atoms with E-state index in [-0.39, 0.29) is 24.9 Å². The van der Waals surface area contributed by atoms with Crippen LogP contribution in [0.25, 0.3) is 0 Å². The van der Waals surface area contributed by atoms with Gasteiger partial charge in [-0.2, -0.15) is 0 Å². The molecule has 0 unspecified atom stereocenters. The second kappa shape index (κ2) is 11.8. The number of thiophene rings is 1. The summed E-state index contributed by atoms with van der Waals surface area (Å²) in [4.78, 5) is 28.5. The van der Waals surface area contributed by atoms with Gasteiger partial charge in [-0.15, -0.1) is 11.3 Å². The van der Waals surface area contributed by atoms with E-state index < -0.39 is 11.9 Å². The van der Waals surface area contributed by atoms with Gasteiger partial charge in [-0.1, -0.05) is 30.3 Å². The van der Waals surface area contributed by atoms with Gasteiger partial charge in [0.2, 0.25) is 0 Å². The largest absolute Gasteiger partial charge is 0.493 e. The molecule has 0 spiro atoms. The van der Waals surface area contributed by atoms with Gasteiger partial charge in [0, 0.05) is 40.1 Å². The number of hydrogen-bond donors (Lipinski definition) is 1. The van der Waals surface area contributed by atoms with Gasteiger partial charge < -0.3 is 24.3 Å². The Kier molecular flexibility index (Phi) is 8.02. The molecule has 0 fully saturated rings. The molecule has 1 aliphatic carbocycles. The Morgan fingerprint density at radius 3 is 2.49 bits per heavy atom. The number of Topliss-reactive ketones (excluding diaryl/α,β-unsaturated/α-hetero) is 1. The van der Waals surface area contributed by atoms with Crippen molar-refractivity contribution in [2.75, 3.05) is 27.4 Å². The van der Waals surface area contributed by atoms with Crippen LogP contribution in [0.4, 0.5) is 0 Å². The molecule has 1 N–H and O–H groups in total. The minimum Gasteiger partial charge on any atom is -0.493 e. The highest BCUT2D eigenvalue weighted by Gasteiger charge is 2.41. The van der Waals surface area contributed by atoms with Crippen LogP contribution in [-0.2, 0) is 14.3 Å². The first-order valence-corrected chi connectivity index (χ1v) is 13.7. The van der Waals surface area contributed by atoms with Crippen LogP contribution in [0.15, 0.2) is 88.6 Å². The Labute approximate surface area is 232 Å². The van der Waals surface area contributed by atoms with Crippen molar-refractivity contribution in [2.45, 2.75) is 31.6 Å². The van der Waals surface area contributed by atoms with Crippen LogP contribution in [-0.4, -0.2) is 39.2 Å². The zero-order valence-electron chi connectivity index (χ0n) is 22.2. The Balaban J connectivity index is 1.46. The quantitative estimate of drug-likeness (QED) is 0.271. The van der Waals surface area contributed by atoms with Gasteiger partial charge in [0.25, 0.3) is 0 Å². The fourth-order valence-electron chi connectivity index (χ4n) is 5.29. The molecule has 3 aromatic rings. The van der Waals surface area contributed by atoms with E-state index in [9.17, 15) is 9.59 Å². The summed E-state index contributed by atoms with van der Waals surface area (Å²) in [6.45, 7) is 2.14. The van der Waals surface area contributed by atoms with Crippen molar-refractivity contribution in [1.82, 2.24) is 5.32 Å². The molecule has 2 heterocycles. The molecule has 2 aromatic carbocycles. The van der Waals surface area contributed by atoms with Gasteiger partial charge in [-0.05, 0) is 54.6 Å². The molecule has 0 saturated heterocycles. The maximum Gasteiger partial charge on any atom is 0.336 e. The number of para-hydroxylation sites is 1. The molecule has 0 amide bonds. The molecule has 39 heavy (non-hydrogen) atoms. The van der Waals surface area contributed by atoms with Crippen molar-refractivity contribution < 1.29 is 28.5 Å². The predicted octanol–water partition coefficient (Wildman–Crippen LogP) is 5.75. The van der Waals surface area contributed by atoms with Crippen molar-refractivity contribution in [3.63, 3.8) is 0 Å². The van der Waals surface area contributed by atoms with Crippen LogP contribution in [0.3, 0.4) is 0 Å². The zero-order valence-corrected chi connectivity index (χ0v) is 23.0. The Bertz CT molecular complexity index is 1410. The van der Waals surface area contributed by atoms with Gasteiger partial charge in [-0.3, -0.25) is 4.79 Å². The molecule has 7 nitrogen and oxygen atoms in total. The summed E-state index contributed by atoms with van der Waals surface area (Å²) in [6, 6.07) is 18.9. The molecule has 5 rings (SSSR count). The summed E-state index contributed by atoms with van der Waals surface area (Å²) in [5, 5.41) is 5.43. The van der Waals surface area contributed by atoms with E-state index in [1.54, 1.807) is 31.6 Å². The second-order valence-electron chi connectivity index (χ2n) is 9.44. The summed E-state index contributed by atoms with van der Waals surface area (Å²) < 4.78 is 22.3. The minimum atomic E-state index is -0.597. The molecule has 0 bridgehead atoms. The second-order valence-corrected chi connectivity index (χ2v) is 10.4. The van der Waals surface area contributed by atoms with Gasteiger partial charge in [0.15, 0.2) is 17.3 Å². The van der Waals surface area contributed by atoms with Crippen LogP contribution in [0.1, 0.15) is 42.0 Å². The van der Waals surface area contributed by atoms with Gasteiger partial charge in [0.05, 0.1) is 19.8 Å². The average molecular weight is 546 g/mol. The first-order valence-electron chi connectivity index (χ1n) is 12.8. The summed E-state index contributed by atoms with van der Waals surface area (Å²) in [5.41, 5.74) is 3.29. The van der Waals surface area contributed by atoms with Crippen molar-refractivity contribution in [2.24, 2.45) is 0 Å². The van der Waals surface area contributed by atoms with Crippen molar-refractivity contribution in [1.29, 1.82) is 0 Å². The van der Waals surface area contributed by atoms with Crippen LogP contribution < -0.4 is 19.5 Å². The number of allylic oxidation sites excluding steroid dienone is 3. The molecular formula is C31H31NO6S. The van der Waals surface area contributed by atoms with E-state index >= 15 is 0 Å². The normalized spacial score (nSPS) is 18.8. The minimum absolute atomic E-state index is 0.0205. The lowest BCUT2D eigenvalue weighted by Gasteiger charge is -2.36. The number of carbonyl (C=O) groups is 2. The highest BCUT2D eigenvalue weighted by molar-refractivity contribution is 7.10. The number of rotatable bonds is 9. The smallest absolute Gasteiger partial charge is 0.336 e. The molecule has 8 heteroatoms. The third-order valence-electron chi connectivity index (χ3n) is 7.06. The van der Waals surface area contributed by atoms with Crippen LogP contribution in [0.2, 0.25) is 0 Å². The standard InChI is InChI=1S/C31H31NO6S/c1-19-28(31(34)38-14-13-37-22-8-5-4-6-9-22)29(20-11-12-25(35-2)26(18-20)36-3)30-23(32-19)16-21(17-24(30)33)27-10-7-15-39-27/h4-12,15,18,21,29,32H,13-14,16-17H2,1-3H3/t21-,29+/m0/s1. The Morgan fingerprint density at radius 1 is 0.974 bits per heavy atom. The number of methoxy groups -OCH3 is 2. The number of esters is 1. The topological polar surface area (TPSA) is 83.1 Å². The van der Waals surface area contributed by atoms with E-state index in [1.165, 1.54) is 4.88 Å². The van der Waals surface area contributed by atoms with Crippen molar-refractivity contribution >= 4 is 23.1 Å².